The summed E-state index contributed by atoms with van der Waals surface area (Å²) in [5.74, 6) is 0.519. The fraction of sp³-hybridized carbons (Fsp3) is 0.389. The summed E-state index contributed by atoms with van der Waals surface area (Å²) in [6.45, 7) is 2.23. The van der Waals surface area contributed by atoms with Gasteiger partial charge in [-0.15, -0.1) is 0 Å². The van der Waals surface area contributed by atoms with E-state index in [0.29, 0.717) is 5.92 Å². The first-order valence-electron chi connectivity index (χ1n) is 7.24. The number of nitrogens with zero attached hydrogens (tertiary/aromatic N) is 1. The first-order valence-corrected chi connectivity index (χ1v) is 7.24. The van der Waals surface area contributed by atoms with E-state index < -0.39 is 0 Å². The lowest BCUT2D eigenvalue weighted by Crippen LogP contribution is -2.00. The van der Waals surface area contributed by atoms with Crippen molar-refractivity contribution in [1.82, 2.24) is 0 Å². The van der Waals surface area contributed by atoms with Crippen molar-refractivity contribution < 1.29 is 0 Å². The molecule has 0 bridgehead atoms. The van der Waals surface area contributed by atoms with Gasteiger partial charge in [-0.2, -0.15) is 0 Å². The summed E-state index contributed by atoms with van der Waals surface area (Å²) >= 11 is 0. The van der Waals surface area contributed by atoms with Crippen LogP contribution in [0.1, 0.15) is 44.2 Å². The maximum atomic E-state index is 4.80. The normalized spacial score (nSPS) is 28.1. The summed E-state index contributed by atoms with van der Waals surface area (Å²) in [5, 5.41) is 0. The molecule has 0 saturated carbocycles. The SMILES string of the molecule is CC1C=NC(c2ccccc2)C/C=C/CC/C=C/C1. The Morgan fingerprint density at radius 1 is 0.895 bits per heavy atom. The molecule has 0 spiro atoms. The van der Waals surface area contributed by atoms with Gasteiger partial charge in [-0.3, -0.25) is 4.99 Å². The molecular formula is C18H23N. The van der Waals surface area contributed by atoms with E-state index in [4.69, 9.17) is 4.99 Å². The van der Waals surface area contributed by atoms with Crippen LogP contribution in [0.25, 0.3) is 0 Å². The number of benzene rings is 1. The van der Waals surface area contributed by atoms with Crippen LogP contribution in [0.5, 0.6) is 0 Å². The van der Waals surface area contributed by atoms with Crippen molar-refractivity contribution in [2.75, 3.05) is 0 Å². The minimum absolute atomic E-state index is 0.267. The Morgan fingerprint density at radius 3 is 2.32 bits per heavy atom. The summed E-state index contributed by atoms with van der Waals surface area (Å²) < 4.78 is 0. The maximum Gasteiger partial charge on any atom is 0.0779 e. The van der Waals surface area contributed by atoms with Crippen molar-refractivity contribution in [3.63, 3.8) is 0 Å². The molecule has 2 atom stereocenters. The molecule has 1 heterocycles. The van der Waals surface area contributed by atoms with Crippen LogP contribution in [0.2, 0.25) is 0 Å². The van der Waals surface area contributed by atoms with Crippen LogP contribution in [-0.2, 0) is 0 Å². The van der Waals surface area contributed by atoms with E-state index in [1.54, 1.807) is 0 Å². The average molecular weight is 253 g/mol. The molecule has 1 aromatic carbocycles. The first kappa shape index (κ1) is 13.8. The molecule has 1 aromatic rings. The third-order valence-corrected chi connectivity index (χ3v) is 3.41. The molecule has 0 aromatic heterocycles. The van der Waals surface area contributed by atoms with Gasteiger partial charge in [0.15, 0.2) is 0 Å². The van der Waals surface area contributed by atoms with Gasteiger partial charge in [0.05, 0.1) is 6.04 Å². The molecule has 1 aliphatic heterocycles. The maximum absolute atomic E-state index is 4.80. The third kappa shape index (κ3) is 4.86. The summed E-state index contributed by atoms with van der Waals surface area (Å²) in [6, 6.07) is 10.9. The Morgan fingerprint density at radius 2 is 1.58 bits per heavy atom. The second-order valence-electron chi connectivity index (χ2n) is 5.19. The summed E-state index contributed by atoms with van der Waals surface area (Å²) in [5.41, 5.74) is 1.31. The van der Waals surface area contributed by atoms with E-state index in [0.717, 1.165) is 25.7 Å². The van der Waals surface area contributed by atoms with Crippen molar-refractivity contribution in [3.05, 3.63) is 60.2 Å². The number of hydrogen-bond acceptors (Lipinski definition) is 1. The Balaban J connectivity index is 2.14. The Kier molecular flexibility index (Phi) is 5.61. The minimum Gasteiger partial charge on any atom is -0.289 e. The van der Waals surface area contributed by atoms with Gasteiger partial charge in [0.25, 0.3) is 0 Å². The monoisotopic (exact) mass is 253 g/mol. The fourth-order valence-electron chi connectivity index (χ4n) is 2.23. The highest BCUT2D eigenvalue weighted by Crippen LogP contribution is 2.22. The first-order chi connectivity index (χ1) is 9.36. The van der Waals surface area contributed by atoms with Crippen LogP contribution in [0.3, 0.4) is 0 Å². The van der Waals surface area contributed by atoms with Gasteiger partial charge in [-0.25, -0.2) is 0 Å². The highest BCUT2D eigenvalue weighted by molar-refractivity contribution is 5.61. The van der Waals surface area contributed by atoms with Gasteiger partial charge < -0.3 is 0 Å². The Bertz CT molecular complexity index is 442. The van der Waals surface area contributed by atoms with E-state index in [2.05, 4.69) is 67.8 Å². The molecule has 0 saturated heterocycles. The highest BCUT2D eigenvalue weighted by Gasteiger charge is 2.07. The molecule has 100 valence electrons. The van der Waals surface area contributed by atoms with E-state index in [1.807, 2.05) is 0 Å². The van der Waals surface area contributed by atoms with Crippen LogP contribution in [0.15, 0.2) is 59.6 Å². The molecule has 1 nitrogen and oxygen atoms in total. The summed E-state index contributed by atoms with van der Waals surface area (Å²) in [4.78, 5) is 4.80. The van der Waals surface area contributed by atoms with Crippen molar-refractivity contribution in [3.8, 4) is 0 Å². The second kappa shape index (κ2) is 7.73. The molecule has 2 unspecified atom stereocenters. The molecule has 2 rings (SSSR count). The zero-order chi connectivity index (χ0) is 13.3. The molecule has 0 N–H and O–H groups in total. The van der Waals surface area contributed by atoms with E-state index in [9.17, 15) is 0 Å². The predicted molar refractivity (Wildman–Crippen MR) is 83.6 cm³/mol. The van der Waals surface area contributed by atoms with Crippen molar-refractivity contribution >= 4 is 6.21 Å². The standard InChI is InChI=1S/C18H23N/c1-16-11-7-4-2-3-5-10-14-18(19-15-16)17-12-8-6-9-13-17/h4-10,12-13,15-16,18H,2-3,11,14H2,1H3/b7-4+,10-5+,19-15?. The molecule has 19 heavy (non-hydrogen) atoms. The Hall–Kier alpha value is -1.63. The molecule has 0 radical (unpaired) electrons. The average Bonchev–Trinajstić information content (AvgIpc) is 2.44. The smallest absolute Gasteiger partial charge is 0.0779 e. The molecule has 0 aliphatic carbocycles. The molecule has 1 aliphatic rings. The minimum atomic E-state index is 0.267. The number of aliphatic imine (C=N–C) groups is 1. The molecule has 0 fully saturated rings. The van der Waals surface area contributed by atoms with Crippen LogP contribution in [0, 0.1) is 5.92 Å². The highest BCUT2D eigenvalue weighted by atomic mass is 14.8. The van der Waals surface area contributed by atoms with E-state index in [1.165, 1.54) is 5.56 Å². The summed E-state index contributed by atoms with van der Waals surface area (Å²) in [7, 11) is 0. The number of rotatable bonds is 1. The largest absolute Gasteiger partial charge is 0.289 e. The summed E-state index contributed by atoms with van der Waals surface area (Å²) in [6.07, 6.45) is 15.6. The van der Waals surface area contributed by atoms with Gasteiger partial charge in [0.2, 0.25) is 0 Å². The van der Waals surface area contributed by atoms with Gasteiger partial charge in [0.1, 0.15) is 0 Å². The third-order valence-electron chi connectivity index (χ3n) is 3.41. The fourth-order valence-corrected chi connectivity index (χ4v) is 2.23. The lowest BCUT2D eigenvalue weighted by Gasteiger charge is -2.12. The van der Waals surface area contributed by atoms with Gasteiger partial charge >= 0.3 is 0 Å². The van der Waals surface area contributed by atoms with Gasteiger partial charge in [-0.05, 0) is 37.2 Å². The zero-order valence-corrected chi connectivity index (χ0v) is 11.7. The van der Waals surface area contributed by atoms with Crippen molar-refractivity contribution in [2.45, 2.75) is 38.6 Å². The van der Waals surface area contributed by atoms with Crippen LogP contribution >= 0.6 is 0 Å². The van der Waals surface area contributed by atoms with E-state index in [-0.39, 0.29) is 6.04 Å². The second-order valence-corrected chi connectivity index (χ2v) is 5.19. The van der Waals surface area contributed by atoms with Crippen LogP contribution < -0.4 is 0 Å². The molecule has 1 heteroatoms. The predicted octanol–water partition coefficient (Wildman–Crippen LogP) is 5.12. The lowest BCUT2D eigenvalue weighted by atomic mass is 10.0. The van der Waals surface area contributed by atoms with Crippen molar-refractivity contribution in [1.29, 1.82) is 0 Å². The Labute approximate surface area is 116 Å². The topological polar surface area (TPSA) is 12.4 Å². The van der Waals surface area contributed by atoms with Gasteiger partial charge in [-0.1, -0.05) is 61.6 Å². The quantitative estimate of drug-likeness (QED) is 0.616. The zero-order valence-electron chi connectivity index (χ0n) is 11.7. The number of allylic oxidation sites excluding steroid dienone is 3. The van der Waals surface area contributed by atoms with Crippen LogP contribution in [-0.4, -0.2) is 6.21 Å². The van der Waals surface area contributed by atoms with Gasteiger partial charge in [0, 0.05) is 6.21 Å². The lowest BCUT2D eigenvalue weighted by molar-refractivity contribution is 0.720. The van der Waals surface area contributed by atoms with Crippen LogP contribution in [0.4, 0.5) is 0 Å². The van der Waals surface area contributed by atoms with E-state index >= 15 is 0 Å². The molecule has 0 amide bonds. The van der Waals surface area contributed by atoms with Crippen molar-refractivity contribution in [2.24, 2.45) is 10.9 Å². The molecular weight excluding hydrogens is 230 g/mol. The number of hydrogen-bond donors (Lipinski definition) is 0.